The van der Waals surface area contributed by atoms with Crippen molar-refractivity contribution < 1.29 is 26.4 Å². The first-order valence-corrected chi connectivity index (χ1v) is 14.1. The van der Waals surface area contributed by atoms with Gasteiger partial charge in [-0.25, -0.2) is 13.4 Å². The zero-order valence-corrected chi connectivity index (χ0v) is 22.3. The molecule has 0 unspecified atom stereocenters. The Morgan fingerprint density at radius 1 is 0.947 bits per heavy atom. The van der Waals surface area contributed by atoms with Crippen molar-refractivity contribution in [2.24, 2.45) is 0 Å². The van der Waals surface area contributed by atoms with Gasteiger partial charge in [0.1, 0.15) is 5.01 Å². The fourth-order valence-electron chi connectivity index (χ4n) is 3.83. The number of alkyl halides is 3. The summed E-state index contributed by atoms with van der Waals surface area (Å²) >= 11 is 1.38. The number of sulfonamides is 1. The van der Waals surface area contributed by atoms with Gasteiger partial charge < -0.3 is 0 Å². The SMILES string of the molecule is CC(C)c1nc(-c2ccc(C(F)(F)F)cc2)sc1CCC(=O)c1ccc(NS(=O)(=O)c2ccccc2)cc1. The number of carbonyl (C=O) groups excluding carboxylic acids is 1. The van der Waals surface area contributed by atoms with Gasteiger partial charge in [0.05, 0.1) is 16.2 Å². The summed E-state index contributed by atoms with van der Waals surface area (Å²) in [6.45, 7) is 3.96. The van der Waals surface area contributed by atoms with E-state index in [4.69, 9.17) is 0 Å². The molecule has 0 fully saturated rings. The monoisotopic (exact) mass is 558 g/mol. The fraction of sp³-hybridized carbons (Fsp3) is 0.214. The summed E-state index contributed by atoms with van der Waals surface area (Å²) < 4.78 is 66.2. The van der Waals surface area contributed by atoms with Gasteiger partial charge in [0.15, 0.2) is 5.78 Å². The molecule has 0 saturated carbocycles. The molecule has 1 aromatic heterocycles. The average Bonchev–Trinajstić information content (AvgIpc) is 3.32. The van der Waals surface area contributed by atoms with E-state index in [1.165, 1.54) is 35.6 Å². The van der Waals surface area contributed by atoms with Crippen molar-refractivity contribution in [2.45, 2.75) is 43.7 Å². The molecule has 0 radical (unpaired) electrons. The highest BCUT2D eigenvalue weighted by molar-refractivity contribution is 7.92. The molecule has 1 heterocycles. The van der Waals surface area contributed by atoms with Gasteiger partial charge in [-0.3, -0.25) is 9.52 Å². The Morgan fingerprint density at radius 2 is 1.58 bits per heavy atom. The summed E-state index contributed by atoms with van der Waals surface area (Å²) in [4.78, 5) is 18.6. The molecule has 5 nitrogen and oxygen atoms in total. The molecule has 0 atom stereocenters. The van der Waals surface area contributed by atoms with Crippen LogP contribution in [0, 0.1) is 0 Å². The van der Waals surface area contributed by atoms with Gasteiger partial charge in [-0.1, -0.05) is 44.2 Å². The number of halogens is 3. The molecule has 1 N–H and O–H groups in total. The Morgan fingerprint density at radius 3 is 2.16 bits per heavy atom. The third kappa shape index (κ3) is 6.49. The topological polar surface area (TPSA) is 76.1 Å². The molecule has 0 aliphatic carbocycles. The van der Waals surface area contributed by atoms with E-state index >= 15 is 0 Å². The van der Waals surface area contributed by atoms with Crippen LogP contribution in [-0.4, -0.2) is 19.2 Å². The van der Waals surface area contributed by atoms with E-state index in [9.17, 15) is 26.4 Å². The van der Waals surface area contributed by atoms with Crippen LogP contribution in [0.4, 0.5) is 18.9 Å². The first-order valence-electron chi connectivity index (χ1n) is 11.8. The van der Waals surface area contributed by atoms with Crippen LogP contribution in [0.1, 0.15) is 52.7 Å². The van der Waals surface area contributed by atoms with Crippen molar-refractivity contribution in [1.82, 2.24) is 4.98 Å². The predicted molar refractivity (Wildman–Crippen MR) is 143 cm³/mol. The molecule has 4 aromatic rings. The quantitative estimate of drug-likeness (QED) is 0.215. The van der Waals surface area contributed by atoms with Crippen molar-refractivity contribution in [2.75, 3.05) is 4.72 Å². The first kappa shape index (κ1) is 27.5. The molecule has 0 amide bonds. The molecule has 0 bridgehead atoms. The van der Waals surface area contributed by atoms with Crippen LogP contribution in [0.5, 0.6) is 0 Å². The minimum absolute atomic E-state index is 0.0801. The molecular formula is C28H25F3N2O3S2. The minimum atomic E-state index is -4.40. The van der Waals surface area contributed by atoms with Crippen molar-refractivity contribution in [3.05, 3.63) is 101 Å². The van der Waals surface area contributed by atoms with Gasteiger partial charge in [-0.15, -0.1) is 11.3 Å². The highest BCUT2D eigenvalue weighted by Crippen LogP contribution is 2.35. The van der Waals surface area contributed by atoms with Crippen molar-refractivity contribution in [3.8, 4) is 10.6 Å². The van der Waals surface area contributed by atoms with Crippen LogP contribution in [0.15, 0.2) is 83.8 Å². The van der Waals surface area contributed by atoms with E-state index in [0.717, 1.165) is 22.7 Å². The number of ketones is 1. The Hall–Kier alpha value is -3.50. The van der Waals surface area contributed by atoms with Crippen LogP contribution in [0.25, 0.3) is 10.6 Å². The highest BCUT2D eigenvalue weighted by Gasteiger charge is 2.30. The lowest BCUT2D eigenvalue weighted by Gasteiger charge is -2.09. The molecule has 0 spiro atoms. The maximum Gasteiger partial charge on any atom is 0.416 e. The van der Waals surface area contributed by atoms with Gasteiger partial charge in [0, 0.05) is 28.1 Å². The average molecular weight is 559 g/mol. The standard InChI is InChI=1S/C28H25F3N2O3S2/c1-18(2)26-25(37-27(32-26)20-8-12-21(13-9-20)28(29,30)31)17-16-24(34)19-10-14-22(15-11-19)33-38(35,36)23-6-4-3-5-7-23/h3-15,18,33H,16-17H2,1-2H3. The number of benzene rings is 3. The molecule has 0 aliphatic rings. The number of nitrogens with zero attached hydrogens (tertiary/aromatic N) is 1. The van der Waals surface area contributed by atoms with Crippen LogP contribution in [0.2, 0.25) is 0 Å². The van der Waals surface area contributed by atoms with Gasteiger partial charge in [0.25, 0.3) is 10.0 Å². The van der Waals surface area contributed by atoms with Crippen LogP contribution in [0.3, 0.4) is 0 Å². The van der Waals surface area contributed by atoms with E-state index in [1.54, 1.807) is 42.5 Å². The molecular weight excluding hydrogens is 533 g/mol. The lowest BCUT2D eigenvalue weighted by molar-refractivity contribution is -0.137. The Balaban J connectivity index is 1.44. The van der Waals surface area contributed by atoms with Crippen molar-refractivity contribution in [3.63, 3.8) is 0 Å². The third-order valence-corrected chi connectivity index (χ3v) is 8.40. The number of hydrogen-bond acceptors (Lipinski definition) is 5. The van der Waals surface area contributed by atoms with E-state index < -0.39 is 21.8 Å². The number of anilines is 1. The van der Waals surface area contributed by atoms with Crippen LogP contribution < -0.4 is 4.72 Å². The van der Waals surface area contributed by atoms with Crippen LogP contribution >= 0.6 is 11.3 Å². The minimum Gasteiger partial charge on any atom is -0.294 e. The Bertz CT molecular complexity index is 1510. The number of aryl methyl sites for hydroxylation is 1. The summed E-state index contributed by atoms with van der Waals surface area (Å²) in [5.74, 6) is -0.0295. The molecule has 198 valence electrons. The Kier molecular flexibility index (Phi) is 8.03. The zero-order chi connectivity index (χ0) is 27.5. The lowest BCUT2D eigenvalue weighted by atomic mass is 10.0. The number of hydrogen-bond donors (Lipinski definition) is 1. The first-order chi connectivity index (χ1) is 17.9. The van der Waals surface area contributed by atoms with Gasteiger partial charge >= 0.3 is 6.18 Å². The zero-order valence-electron chi connectivity index (χ0n) is 20.6. The van der Waals surface area contributed by atoms with Gasteiger partial charge in [-0.2, -0.15) is 13.2 Å². The maximum absolute atomic E-state index is 12.9. The summed E-state index contributed by atoms with van der Waals surface area (Å²) in [7, 11) is -3.73. The smallest absolute Gasteiger partial charge is 0.294 e. The summed E-state index contributed by atoms with van der Waals surface area (Å²) in [6, 6.07) is 19.1. The fourth-order valence-corrected chi connectivity index (χ4v) is 6.13. The molecule has 10 heteroatoms. The number of Topliss-reactive ketones (excluding diaryl/α,β-unsaturated/α-hetero) is 1. The summed E-state index contributed by atoms with van der Waals surface area (Å²) in [6.07, 6.45) is -3.75. The number of thiazole rings is 1. The molecule has 4 rings (SSSR count). The normalized spacial score (nSPS) is 12.1. The number of rotatable bonds is 9. The van der Waals surface area contributed by atoms with Crippen molar-refractivity contribution in [1.29, 1.82) is 0 Å². The summed E-state index contributed by atoms with van der Waals surface area (Å²) in [5.41, 5.74) is 1.49. The second-order valence-electron chi connectivity index (χ2n) is 8.98. The lowest BCUT2D eigenvalue weighted by Crippen LogP contribution is -2.12. The second kappa shape index (κ2) is 11.1. The predicted octanol–water partition coefficient (Wildman–Crippen LogP) is 7.57. The van der Waals surface area contributed by atoms with Gasteiger partial charge in [-0.05, 0) is 60.9 Å². The van der Waals surface area contributed by atoms with Crippen molar-refractivity contribution >= 4 is 32.8 Å². The number of aromatic nitrogens is 1. The Labute approximate surface area is 223 Å². The molecule has 3 aromatic carbocycles. The van der Waals surface area contributed by atoms with E-state index in [2.05, 4.69) is 9.71 Å². The van der Waals surface area contributed by atoms with E-state index in [1.807, 2.05) is 13.8 Å². The summed E-state index contributed by atoms with van der Waals surface area (Å²) in [5, 5.41) is 0.611. The van der Waals surface area contributed by atoms with E-state index in [-0.39, 0.29) is 23.0 Å². The highest BCUT2D eigenvalue weighted by atomic mass is 32.2. The molecule has 38 heavy (non-hydrogen) atoms. The number of nitrogens with one attached hydrogen (secondary N) is 1. The molecule has 0 saturated heterocycles. The second-order valence-corrected chi connectivity index (χ2v) is 11.7. The number of carbonyl (C=O) groups is 1. The van der Waals surface area contributed by atoms with E-state index in [0.29, 0.717) is 28.2 Å². The molecule has 0 aliphatic heterocycles. The van der Waals surface area contributed by atoms with Crippen LogP contribution in [-0.2, 0) is 22.6 Å². The van der Waals surface area contributed by atoms with Gasteiger partial charge in [0.2, 0.25) is 0 Å². The maximum atomic E-state index is 12.9. The third-order valence-electron chi connectivity index (χ3n) is 5.83. The largest absolute Gasteiger partial charge is 0.416 e.